The van der Waals surface area contributed by atoms with E-state index in [0.29, 0.717) is 0 Å². The van der Waals surface area contributed by atoms with Crippen molar-refractivity contribution in [2.24, 2.45) is 0 Å². The summed E-state index contributed by atoms with van der Waals surface area (Å²) in [5, 5.41) is 8.33. The monoisotopic (exact) mass is 228 g/mol. The third-order valence-corrected chi connectivity index (χ3v) is 1.70. The number of hydrogen-bond donors (Lipinski definition) is 1. The average Bonchev–Trinajstić information content (AvgIpc) is 2.26. The van der Waals surface area contributed by atoms with Gasteiger partial charge in [0.05, 0.1) is 12.7 Å². The van der Waals surface area contributed by atoms with Crippen molar-refractivity contribution >= 4 is 11.9 Å². The average molecular weight is 228 g/mol. The zero-order chi connectivity index (χ0) is 12.1. The second kappa shape index (κ2) is 5.11. The van der Waals surface area contributed by atoms with E-state index < -0.39 is 24.4 Å². The van der Waals surface area contributed by atoms with E-state index in [1.54, 1.807) is 0 Å². The minimum Gasteiger partial charge on any atom is -0.479 e. The van der Waals surface area contributed by atoms with E-state index in [0.717, 1.165) is 6.07 Å². The molecule has 1 aromatic rings. The zero-order valence-corrected chi connectivity index (χ0v) is 8.40. The summed E-state index contributed by atoms with van der Waals surface area (Å²) in [7, 11) is 1.18. The number of carbonyl (C=O) groups is 2. The van der Waals surface area contributed by atoms with Crippen LogP contribution in [0, 0.1) is 5.82 Å². The van der Waals surface area contributed by atoms with Crippen LogP contribution in [0.2, 0.25) is 0 Å². The second-order valence-corrected chi connectivity index (χ2v) is 2.82. The molecule has 0 aromatic heterocycles. The Morgan fingerprint density at radius 2 is 2.12 bits per heavy atom. The van der Waals surface area contributed by atoms with Gasteiger partial charge < -0.3 is 14.6 Å². The molecule has 1 rings (SSSR count). The van der Waals surface area contributed by atoms with Crippen LogP contribution in [0.15, 0.2) is 18.2 Å². The van der Waals surface area contributed by atoms with Gasteiger partial charge in [0.15, 0.2) is 18.2 Å². The van der Waals surface area contributed by atoms with E-state index in [9.17, 15) is 14.0 Å². The largest absolute Gasteiger partial charge is 0.479 e. The highest BCUT2D eigenvalue weighted by molar-refractivity contribution is 5.89. The summed E-state index contributed by atoms with van der Waals surface area (Å²) < 4.78 is 22.3. The Hall–Kier alpha value is -2.11. The van der Waals surface area contributed by atoms with Gasteiger partial charge in [-0.1, -0.05) is 0 Å². The van der Waals surface area contributed by atoms with E-state index in [-0.39, 0.29) is 11.3 Å². The summed E-state index contributed by atoms with van der Waals surface area (Å²) in [6, 6.07) is 3.37. The Balaban J connectivity index is 2.83. The van der Waals surface area contributed by atoms with E-state index >= 15 is 0 Å². The number of rotatable bonds is 4. The van der Waals surface area contributed by atoms with Gasteiger partial charge >= 0.3 is 11.9 Å². The standard InChI is InChI=1S/C10H9FO5/c1-15-10(14)6-2-3-8(7(11)4-6)16-5-9(12)13/h2-4H,5H2,1H3,(H,12,13). The fraction of sp³-hybridized carbons (Fsp3) is 0.200. The fourth-order valence-corrected chi connectivity index (χ4v) is 1.00. The normalized spacial score (nSPS) is 9.62. The molecule has 0 heterocycles. The predicted octanol–water partition coefficient (Wildman–Crippen LogP) is 1.08. The number of hydrogen-bond acceptors (Lipinski definition) is 4. The third-order valence-electron chi connectivity index (χ3n) is 1.70. The van der Waals surface area contributed by atoms with E-state index in [4.69, 9.17) is 5.11 Å². The molecule has 0 aliphatic heterocycles. The van der Waals surface area contributed by atoms with E-state index in [2.05, 4.69) is 9.47 Å². The summed E-state index contributed by atoms with van der Waals surface area (Å²) in [5.74, 6) is -2.93. The molecule has 0 fully saturated rings. The van der Waals surface area contributed by atoms with Crippen molar-refractivity contribution in [3.8, 4) is 5.75 Å². The third kappa shape index (κ3) is 2.94. The molecule has 0 unspecified atom stereocenters. The van der Waals surface area contributed by atoms with Crippen molar-refractivity contribution in [2.75, 3.05) is 13.7 Å². The van der Waals surface area contributed by atoms with Crippen LogP contribution in [0.25, 0.3) is 0 Å². The number of benzene rings is 1. The van der Waals surface area contributed by atoms with E-state index in [1.165, 1.54) is 19.2 Å². The fourth-order valence-electron chi connectivity index (χ4n) is 1.00. The Morgan fingerprint density at radius 3 is 2.62 bits per heavy atom. The van der Waals surface area contributed by atoms with Gasteiger partial charge in [-0.3, -0.25) is 0 Å². The molecular formula is C10H9FO5. The molecule has 5 nitrogen and oxygen atoms in total. The SMILES string of the molecule is COC(=O)c1ccc(OCC(=O)O)c(F)c1. The Labute approximate surface area is 90.4 Å². The summed E-state index contributed by atoms with van der Waals surface area (Å²) in [4.78, 5) is 21.2. The van der Waals surface area contributed by atoms with Crippen LogP contribution in [0.4, 0.5) is 4.39 Å². The maximum absolute atomic E-state index is 13.3. The second-order valence-electron chi connectivity index (χ2n) is 2.82. The van der Waals surface area contributed by atoms with Crippen molar-refractivity contribution in [3.05, 3.63) is 29.6 Å². The van der Waals surface area contributed by atoms with Crippen molar-refractivity contribution < 1.29 is 28.6 Å². The molecule has 16 heavy (non-hydrogen) atoms. The minimum atomic E-state index is -1.21. The van der Waals surface area contributed by atoms with Crippen LogP contribution in [0.3, 0.4) is 0 Å². The molecule has 1 N–H and O–H groups in total. The van der Waals surface area contributed by atoms with Gasteiger partial charge in [-0.15, -0.1) is 0 Å². The molecule has 0 atom stereocenters. The lowest BCUT2D eigenvalue weighted by Gasteiger charge is -2.05. The van der Waals surface area contributed by atoms with Crippen molar-refractivity contribution in [3.63, 3.8) is 0 Å². The van der Waals surface area contributed by atoms with Crippen LogP contribution < -0.4 is 4.74 Å². The summed E-state index contributed by atoms with van der Waals surface area (Å²) in [5.41, 5.74) is 0.0303. The summed E-state index contributed by atoms with van der Waals surface area (Å²) in [6.07, 6.45) is 0. The number of halogens is 1. The first-order valence-corrected chi connectivity index (χ1v) is 4.27. The molecule has 0 saturated heterocycles. The highest BCUT2D eigenvalue weighted by atomic mass is 19.1. The first-order chi connectivity index (χ1) is 7.54. The number of ether oxygens (including phenoxy) is 2. The number of methoxy groups -OCH3 is 1. The Bertz CT molecular complexity index is 416. The highest BCUT2D eigenvalue weighted by Gasteiger charge is 2.11. The molecule has 6 heteroatoms. The van der Waals surface area contributed by atoms with Gasteiger partial charge in [0.25, 0.3) is 0 Å². The molecule has 0 radical (unpaired) electrons. The highest BCUT2D eigenvalue weighted by Crippen LogP contribution is 2.18. The van der Waals surface area contributed by atoms with Gasteiger partial charge in [-0.05, 0) is 18.2 Å². The van der Waals surface area contributed by atoms with Gasteiger partial charge in [-0.25, -0.2) is 14.0 Å². The van der Waals surface area contributed by atoms with Crippen molar-refractivity contribution in [1.29, 1.82) is 0 Å². The van der Waals surface area contributed by atoms with Crippen LogP contribution in [-0.4, -0.2) is 30.8 Å². The van der Waals surface area contributed by atoms with Gasteiger partial charge in [0, 0.05) is 0 Å². The molecule has 1 aromatic carbocycles. The van der Waals surface area contributed by atoms with Crippen molar-refractivity contribution in [1.82, 2.24) is 0 Å². The lowest BCUT2D eigenvalue weighted by molar-refractivity contribution is -0.139. The molecule has 0 amide bonds. The van der Waals surface area contributed by atoms with Crippen LogP contribution in [0.1, 0.15) is 10.4 Å². The molecule has 0 aliphatic carbocycles. The molecular weight excluding hydrogens is 219 g/mol. The topological polar surface area (TPSA) is 72.8 Å². The lowest BCUT2D eigenvalue weighted by Crippen LogP contribution is -2.10. The first-order valence-electron chi connectivity index (χ1n) is 4.27. The smallest absolute Gasteiger partial charge is 0.341 e. The van der Waals surface area contributed by atoms with E-state index in [1.807, 2.05) is 0 Å². The van der Waals surface area contributed by atoms with Crippen LogP contribution in [0.5, 0.6) is 5.75 Å². The van der Waals surface area contributed by atoms with Crippen LogP contribution in [-0.2, 0) is 9.53 Å². The first kappa shape index (κ1) is 12.0. The number of carboxylic acids is 1. The van der Waals surface area contributed by atoms with Crippen LogP contribution >= 0.6 is 0 Å². The summed E-state index contributed by atoms with van der Waals surface area (Å²) >= 11 is 0. The minimum absolute atomic E-state index is 0.0303. The van der Waals surface area contributed by atoms with Gasteiger partial charge in [0.2, 0.25) is 0 Å². The lowest BCUT2D eigenvalue weighted by atomic mass is 10.2. The van der Waals surface area contributed by atoms with Crippen molar-refractivity contribution in [2.45, 2.75) is 0 Å². The Kier molecular flexibility index (Phi) is 3.82. The maximum atomic E-state index is 13.3. The number of aliphatic carboxylic acids is 1. The molecule has 0 saturated carbocycles. The maximum Gasteiger partial charge on any atom is 0.341 e. The number of esters is 1. The molecule has 86 valence electrons. The molecule has 0 bridgehead atoms. The number of carboxylic acid groups (broad SMARTS) is 1. The molecule has 0 aliphatic rings. The van der Waals surface area contributed by atoms with Gasteiger partial charge in [-0.2, -0.15) is 0 Å². The van der Waals surface area contributed by atoms with Gasteiger partial charge in [0.1, 0.15) is 0 Å². The summed E-state index contributed by atoms with van der Waals surface area (Å²) in [6.45, 7) is -0.644. The quantitative estimate of drug-likeness (QED) is 0.780. The predicted molar refractivity (Wildman–Crippen MR) is 50.9 cm³/mol. The number of carbonyl (C=O) groups excluding carboxylic acids is 1. The zero-order valence-electron chi connectivity index (χ0n) is 8.40. The Morgan fingerprint density at radius 1 is 1.44 bits per heavy atom. The molecule has 0 spiro atoms.